The Balaban J connectivity index is 2.14. The van der Waals surface area contributed by atoms with Gasteiger partial charge in [-0.15, -0.1) is 0 Å². The Morgan fingerprint density at radius 1 is 1.05 bits per heavy atom. The van der Waals surface area contributed by atoms with E-state index in [1.165, 1.54) is 12.0 Å². The Kier molecular flexibility index (Phi) is 3.66. The molecular weight excluding hydrogens is 260 g/mol. The zero-order valence-electron chi connectivity index (χ0n) is 13.1. The first-order chi connectivity index (χ1) is 10.1. The Hall–Kier alpha value is -1.90. The summed E-state index contributed by atoms with van der Waals surface area (Å²) in [6, 6.07) is 6.16. The van der Waals surface area contributed by atoms with E-state index in [9.17, 15) is 4.79 Å². The number of piperidine rings is 1. The second-order valence-electron chi connectivity index (χ2n) is 6.14. The van der Waals surface area contributed by atoms with Gasteiger partial charge in [-0.3, -0.25) is 9.78 Å². The SMILES string of the molecule is Cc1cc(C)c2nc(C)cc(C(=O)N3CCCCC3)c2c1. The molecule has 1 aliphatic heterocycles. The van der Waals surface area contributed by atoms with Crippen LogP contribution in [0, 0.1) is 20.8 Å². The van der Waals surface area contributed by atoms with E-state index < -0.39 is 0 Å². The lowest BCUT2D eigenvalue weighted by atomic mass is 10.00. The van der Waals surface area contributed by atoms with Gasteiger partial charge in [0.05, 0.1) is 11.1 Å². The summed E-state index contributed by atoms with van der Waals surface area (Å²) in [5, 5.41) is 0.994. The number of carbonyl (C=O) groups is 1. The number of aryl methyl sites for hydroxylation is 3. The first-order valence-electron chi connectivity index (χ1n) is 7.74. The van der Waals surface area contributed by atoms with Crippen molar-refractivity contribution >= 4 is 16.8 Å². The fourth-order valence-electron chi connectivity index (χ4n) is 3.25. The van der Waals surface area contributed by atoms with E-state index in [0.29, 0.717) is 0 Å². The van der Waals surface area contributed by atoms with Gasteiger partial charge in [-0.25, -0.2) is 0 Å². The van der Waals surface area contributed by atoms with Gasteiger partial charge in [-0.2, -0.15) is 0 Å². The summed E-state index contributed by atoms with van der Waals surface area (Å²) >= 11 is 0. The molecule has 3 nitrogen and oxygen atoms in total. The van der Waals surface area contributed by atoms with Crippen LogP contribution in [0.25, 0.3) is 10.9 Å². The van der Waals surface area contributed by atoms with Crippen LogP contribution in [-0.2, 0) is 0 Å². The molecule has 0 saturated carbocycles. The molecule has 2 heterocycles. The number of hydrogen-bond donors (Lipinski definition) is 0. The van der Waals surface area contributed by atoms with Crippen LogP contribution in [0.15, 0.2) is 18.2 Å². The van der Waals surface area contributed by atoms with E-state index in [4.69, 9.17) is 0 Å². The molecule has 1 amide bonds. The summed E-state index contributed by atoms with van der Waals surface area (Å²) in [5.74, 6) is 0.162. The molecule has 0 N–H and O–H groups in total. The van der Waals surface area contributed by atoms with Crippen molar-refractivity contribution in [2.45, 2.75) is 40.0 Å². The minimum absolute atomic E-state index is 0.162. The summed E-state index contributed by atoms with van der Waals surface area (Å²) in [6.07, 6.45) is 3.47. The number of amides is 1. The molecule has 0 aliphatic carbocycles. The fourth-order valence-corrected chi connectivity index (χ4v) is 3.25. The summed E-state index contributed by atoms with van der Waals surface area (Å²) in [6.45, 7) is 7.86. The largest absolute Gasteiger partial charge is 0.339 e. The van der Waals surface area contributed by atoms with E-state index in [2.05, 4.69) is 31.0 Å². The van der Waals surface area contributed by atoms with Gasteiger partial charge in [0.25, 0.3) is 5.91 Å². The van der Waals surface area contributed by atoms with Crippen LogP contribution in [0.4, 0.5) is 0 Å². The van der Waals surface area contributed by atoms with Crippen LogP contribution in [-0.4, -0.2) is 28.9 Å². The number of aromatic nitrogens is 1. The van der Waals surface area contributed by atoms with Crippen LogP contribution in [0.2, 0.25) is 0 Å². The molecule has 3 heteroatoms. The molecule has 3 rings (SSSR count). The van der Waals surface area contributed by atoms with Crippen molar-refractivity contribution in [1.82, 2.24) is 9.88 Å². The number of fused-ring (bicyclic) bond motifs is 1. The third-order valence-corrected chi connectivity index (χ3v) is 4.25. The van der Waals surface area contributed by atoms with Crippen molar-refractivity contribution in [3.63, 3.8) is 0 Å². The van der Waals surface area contributed by atoms with Gasteiger partial charge < -0.3 is 4.90 Å². The molecule has 0 spiro atoms. The number of carbonyl (C=O) groups excluding carboxylic acids is 1. The molecule has 1 fully saturated rings. The Labute approximate surface area is 126 Å². The van der Waals surface area contributed by atoms with Gasteiger partial charge in [0, 0.05) is 24.2 Å². The second kappa shape index (κ2) is 5.47. The molecule has 1 aromatic carbocycles. The summed E-state index contributed by atoms with van der Waals surface area (Å²) < 4.78 is 0. The van der Waals surface area contributed by atoms with Crippen LogP contribution in [0.5, 0.6) is 0 Å². The predicted octanol–water partition coefficient (Wildman–Crippen LogP) is 3.79. The molecule has 1 saturated heterocycles. The zero-order chi connectivity index (χ0) is 15.0. The maximum Gasteiger partial charge on any atom is 0.254 e. The molecular formula is C18H22N2O. The number of rotatable bonds is 1. The Morgan fingerprint density at radius 3 is 2.48 bits per heavy atom. The van der Waals surface area contributed by atoms with Gasteiger partial charge in [0.1, 0.15) is 0 Å². The molecule has 21 heavy (non-hydrogen) atoms. The van der Waals surface area contributed by atoms with Crippen molar-refractivity contribution in [3.05, 3.63) is 40.6 Å². The third-order valence-electron chi connectivity index (χ3n) is 4.25. The van der Waals surface area contributed by atoms with Crippen molar-refractivity contribution in [1.29, 1.82) is 0 Å². The highest BCUT2D eigenvalue weighted by Gasteiger charge is 2.21. The topological polar surface area (TPSA) is 33.2 Å². The van der Waals surface area contributed by atoms with Crippen molar-refractivity contribution < 1.29 is 4.79 Å². The Morgan fingerprint density at radius 2 is 1.76 bits per heavy atom. The number of likely N-dealkylation sites (tertiary alicyclic amines) is 1. The van der Waals surface area contributed by atoms with Crippen molar-refractivity contribution in [2.75, 3.05) is 13.1 Å². The van der Waals surface area contributed by atoms with Crippen LogP contribution >= 0.6 is 0 Å². The summed E-state index contributed by atoms with van der Waals surface area (Å²) in [7, 11) is 0. The number of pyridine rings is 1. The number of hydrogen-bond acceptors (Lipinski definition) is 2. The van der Waals surface area contributed by atoms with Crippen LogP contribution in [0.1, 0.15) is 46.4 Å². The van der Waals surface area contributed by atoms with E-state index in [0.717, 1.165) is 53.7 Å². The fraction of sp³-hybridized carbons (Fsp3) is 0.444. The highest BCUT2D eigenvalue weighted by molar-refractivity contribution is 6.07. The lowest BCUT2D eigenvalue weighted by Gasteiger charge is -2.27. The smallest absolute Gasteiger partial charge is 0.254 e. The maximum atomic E-state index is 12.9. The van der Waals surface area contributed by atoms with Crippen LogP contribution in [0.3, 0.4) is 0 Å². The molecule has 2 aromatic rings. The minimum Gasteiger partial charge on any atom is -0.339 e. The minimum atomic E-state index is 0.162. The quantitative estimate of drug-likeness (QED) is 0.797. The zero-order valence-corrected chi connectivity index (χ0v) is 13.1. The van der Waals surface area contributed by atoms with E-state index in [-0.39, 0.29) is 5.91 Å². The lowest BCUT2D eigenvalue weighted by molar-refractivity contribution is 0.0726. The summed E-state index contributed by atoms with van der Waals surface area (Å²) in [4.78, 5) is 19.5. The van der Waals surface area contributed by atoms with E-state index >= 15 is 0 Å². The van der Waals surface area contributed by atoms with Gasteiger partial charge in [0.2, 0.25) is 0 Å². The molecule has 1 aliphatic rings. The van der Waals surface area contributed by atoms with Crippen molar-refractivity contribution in [3.8, 4) is 0 Å². The second-order valence-corrected chi connectivity index (χ2v) is 6.14. The first-order valence-corrected chi connectivity index (χ1v) is 7.74. The maximum absolute atomic E-state index is 12.9. The van der Waals surface area contributed by atoms with E-state index in [1.807, 2.05) is 17.9 Å². The van der Waals surface area contributed by atoms with Gasteiger partial charge in [-0.1, -0.05) is 11.6 Å². The van der Waals surface area contributed by atoms with Gasteiger partial charge >= 0.3 is 0 Å². The normalized spacial score (nSPS) is 15.5. The molecule has 1 aromatic heterocycles. The lowest BCUT2D eigenvalue weighted by Crippen LogP contribution is -2.35. The van der Waals surface area contributed by atoms with E-state index in [1.54, 1.807) is 0 Å². The summed E-state index contributed by atoms with van der Waals surface area (Å²) in [5.41, 5.74) is 5.00. The number of nitrogens with zero attached hydrogens (tertiary/aromatic N) is 2. The monoisotopic (exact) mass is 282 g/mol. The average molecular weight is 282 g/mol. The third kappa shape index (κ3) is 2.65. The number of benzene rings is 1. The average Bonchev–Trinajstić information content (AvgIpc) is 2.47. The molecule has 0 bridgehead atoms. The highest BCUT2D eigenvalue weighted by Crippen LogP contribution is 2.25. The van der Waals surface area contributed by atoms with Gasteiger partial charge in [0.15, 0.2) is 0 Å². The van der Waals surface area contributed by atoms with Crippen LogP contribution < -0.4 is 0 Å². The molecule has 110 valence electrons. The Bertz CT molecular complexity index is 700. The molecule has 0 radical (unpaired) electrons. The molecule has 0 atom stereocenters. The molecule has 0 unspecified atom stereocenters. The standard InChI is InChI=1S/C18H22N2O/c1-12-9-13(2)17-15(10-12)16(11-14(3)19-17)18(21)20-7-5-4-6-8-20/h9-11H,4-8H2,1-3H3. The highest BCUT2D eigenvalue weighted by atomic mass is 16.2. The first kappa shape index (κ1) is 14.1. The predicted molar refractivity (Wildman–Crippen MR) is 85.7 cm³/mol. The van der Waals surface area contributed by atoms with Gasteiger partial charge in [-0.05, 0) is 57.7 Å². The van der Waals surface area contributed by atoms with Crippen molar-refractivity contribution in [2.24, 2.45) is 0 Å².